The minimum absolute atomic E-state index is 0.339. The molecule has 0 aliphatic carbocycles. The molecule has 0 saturated heterocycles. The number of thiazole rings is 7. The first kappa shape index (κ1) is 132. The van der Waals surface area contributed by atoms with Gasteiger partial charge in [-0.3, -0.25) is 14.9 Å². The van der Waals surface area contributed by atoms with Crippen molar-refractivity contribution >= 4 is 114 Å². The van der Waals surface area contributed by atoms with Crippen molar-refractivity contribution in [2.45, 2.75) is 406 Å². The highest BCUT2D eigenvalue weighted by atomic mass is 32.1. The molecule has 16 aromatic heterocycles. The lowest BCUT2D eigenvalue weighted by molar-refractivity contribution is 0.448. The van der Waals surface area contributed by atoms with Crippen LogP contribution in [0.3, 0.4) is 0 Å². The van der Waals surface area contributed by atoms with Gasteiger partial charge in [-0.1, -0.05) is 222 Å². The molecule has 16 aromatic rings. The molecule has 0 saturated carbocycles. The largest absolute Gasteiger partial charge is 0.428 e. The van der Waals surface area contributed by atoms with E-state index in [1.165, 1.54) is 128 Å². The van der Waals surface area contributed by atoms with Crippen molar-refractivity contribution in [3.63, 3.8) is 0 Å². The zero-order valence-electron chi connectivity index (χ0n) is 94.9. The van der Waals surface area contributed by atoms with Gasteiger partial charge in [0.2, 0.25) is 24.1 Å². The molecule has 794 valence electrons. The summed E-state index contributed by atoms with van der Waals surface area (Å²) in [6, 6.07) is 0. The topological polar surface area (TPSA) is 351 Å². The normalized spacial score (nSPS) is 10.7. The molecule has 0 atom stereocenters. The monoisotopic (exact) mass is 2150 g/mol. The van der Waals surface area contributed by atoms with Crippen LogP contribution < -0.4 is 0 Å². The Bertz CT molecular complexity index is 5150. The molecule has 0 bridgehead atoms. The molecule has 28 nitrogen and oxygen atoms in total. The van der Waals surface area contributed by atoms with Crippen LogP contribution in [0.4, 0.5) is 0 Å². The lowest BCUT2D eigenvalue weighted by Crippen LogP contribution is -1.98. The van der Waals surface area contributed by atoms with Crippen LogP contribution in [0.1, 0.15) is 472 Å². The Morgan fingerprint density at radius 2 is 1.02 bits per heavy atom. The summed E-state index contributed by atoms with van der Waals surface area (Å²) in [5.41, 5.74) is 12.0. The summed E-state index contributed by atoms with van der Waals surface area (Å²) in [7, 11) is 3.83. The van der Waals surface area contributed by atoms with E-state index in [0.717, 1.165) is 34.8 Å². The molecule has 2 N–H and O–H groups in total. The predicted octanol–water partition coefficient (Wildman–Crippen LogP) is 32.8. The van der Waals surface area contributed by atoms with Crippen LogP contribution in [0.2, 0.25) is 0 Å². The Labute approximate surface area is 898 Å². The van der Waals surface area contributed by atoms with Gasteiger partial charge in [0.05, 0.1) is 58.3 Å². The first-order valence-corrected chi connectivity index (χ1v) is 57.4. The molecule has 0 aliphatic heterocycles. The second kappa shape index (κ2) is 70.9. The zero-order chi connectivity index (χ0) is 109. The first-order chi connectivity index (χ1) is 66.9. The standard InChI is InChI=1S/3C8H13NS.5C7H11NS.3C6H11N3.C6H10N2O.2C6H9NS.C5H9N3.C5H8N2O/c1-5(2)8-6(3)9-7(4)10-8;1-5(2)8-6(3)9-10-7(8)4;1-5(2)8-9-6(3)7(4)10-8;1-5(2)7-6(3)8-4-9-7;1-5(2)7-4-8-6(3)9-7;1-5(2)7-4-8-9-6(7)3;1-5(2)7-8-6(3)4-9-7;1-5(2)7-8-4-6(3)9-7;1-5(2)6-8-7-4-9(6)3;1-5(2)6-7-4-9(3)8-6;1-4(2)6-7-5(3)8-9-6;1-4(2)6-8-7-5(3)9-6;1-5(2)6-3-7-8-4-6;1-5(2)6-7-3-4-8-6;1-4(2)5-6-3-7-8-5;1-4(2)5-7-6-3-8-5/h3*5H,1-4H3;7*4-5H,1-3H3;4H,1-3H3,(H,7,8,9);4H,1-3H3;2*3-5H,1-2H3;3-4H,1-2H3,(H,6,7,8);3-4H,1-2H3. The molecule has 0 aliphatic rings. The van der Waals surface area contributed by atoms with Crippen LogP contribution >= 0.6 is 114 Å². The van der Waals surface area contributed by atoms with Gasteiger partial charge in [0.25, 0.3) is 0 Å². The minimum atomic E-state index is 0.339. The second-order valence-corrected chi connectivity index (χ2v) is 49.0. The van der Waals surface area contributed by atoms with Crippen molar-refractivity contribution in [3.8, 4) is 0 Å². The average Bonchev–Trinajstić information content (AvgIpc) is 1.72. The van der Waals surface area contributed by atoms with E-state index in [4.69, 9.17) is 8.83 Å². The molecule has 0 fully saturated rings. The van der Waals surface area contributed by atoms with Crippen molar-refractivity contribution < 1.29 is 8.83 Å². The molecule has 38 heteroatoms. The quantitative estimate of drug-likeness (QED) is 0.0907. The van der Waals surface area contributed by atoms with E-state index < -0.39 is 0 Å². The van der Waals surface area contributed by atoms with E-state index in [-0.39, 0.29) is 0 Å². The Morgan fingerprint density at radius 1 is 0.392 bits per heavy atom. The Balaban J connectivity index is 0.000000763. The van der Waals surface area contributed by atoms with Crippen molar-refractivity contribution in [3.05, 3.63) is 234 Å². The third-order valence-corrected chi connectivity index (χ3v) is 30.3. The van der Waals surface area contributed by atoms with Gasteiger partial charge < -0.3 is 13.4 Å². The molecule has 143 heavy (non-hydrogen) atoms. The van der Waals surface area contributed by atoms with Crippen molar-refractivity contribution in [2.75, 3.05) is 0 Å². The number of aromatic nitrogens is 26. The fourth-order valence-corrected chi connectivity index (χ4v) is 19.3. The van der Waals surface area contributed by atoms with Gasteiger partial charge in [0.15, 0.2) is 11.6 Å². The number of nitrogens with one attached hydrogen (secondary N) is 2. The van der Waals surface area contributed by atoms with Gasteiger partial charge in [0, 0.05) is 167 Å². The number of nitrogens with zero attached hydrogens (tertiary/aromatic N) is 24. The number of aromatic amines is 2. The fraction of sp³-hybridized carbons (Fsp3) is 0.600. The molecular weight excluding hydrogens is 1980 g/mol. The van der Waals surface area contributed by atoms with Crippen molar-refractivity contribution in [1.82, 2.24) is 128 Å². The Hall–Kier alpha value is -8.86. The van der Waals surface area contributed by atoms with E-state index in [2.05, 4.69) is 386 Å². The van der Waals surface area contributed by atoms with Crippen LogP contribution in [0.25, 0.3) is 0 Å². The lowest BCUT2D eigenvalue weighted by atomic mass is 10.0. The van der Waals surface area contributed by atoms with Gasteiger partial charge in [-0.2, -0.15) is 19.7 Å². The molecule has 0 unspecified atom stereocenters. The maximum Gasteiger partial charge on any atom is 0.219 e. The third kappa shape index (κ3) is 54.9. The SMILES string of the molecule is CC(C)c1cnsc1.CC(C)c1nccs1.CC(C)c1ncn(C)n1.CC(C)c1ncn[nH]1.CC(C)c1nncn1C.CC(C)c1nnco1.Cc1cnc(C(C)C)s1.Cc1csc(C(C)C)n1.Cc1nc(C(C)C)n[nH]1.Cc1nc(C(C)C)sc1C.Cc1nc(C)c(C(C)C)s1.Cc1ncc(C(C)C)s1.Cc1ncsc1C(C)C.Cc1nnc(C(C)C)o1.Cc1nsc(C)c1C(C)C.Cc1sncc1C(C)C. The summed E-state index contributed by atoms with van der Waals surface area (Å²) in [6.07, 6.45) is 15.9. The molecule has 16 heterocycles. The summed E-state index contributed by atoms with van der Waals surface area (Å²) >= 11 is 17.1. The smallest absolute Gasteiger partial charge is 0.219 e. The highest BCUT2D eigenvalue weighted by Crippen LogP contribution is 2.30. The van der Waals surface area contributed by atoms with Gasteiger partial charge in [-0.05, 0) is 170 Å². The van der Waals surface area contributed by atoms with Gasteiger partial charge in [0.1, 0.15) is 36.5 Å². The summed E-state index contributed by atoms with van der Waals surface area (Å²) in [6.45, 7) is 94.9. The molecule has 0 amide bonds. The maximum atomic E-state index is 5.12. The lowest BCUT2D eigenvalue weighted by Gasteiger charge is -2.03. The summed E-state index contributed by atoms with van der Waals surface area (Å²) in [5, 5.41) is 53.3. The van der Waals surface area contributed by atoms with E-state index in [1.54, 1.807) is 104 Å². The maximum absolute atomic E-state index is 5.12. The molecule has 0 radical (unpaired) electrons. The molecule has 0 spiro atoms. The van der Waals surface area contributed by atoms with Crippen LogP contribution in [0.15, 0.2) is 86.8 Å². The van der Waals surface area contributed by atoms with Crippen LogP contribution in [0, 0.1) is 90.0 Å². The van der Waals surface area contributed by atoms with E-state index >= 15 is 0 Å². The fourth-order valence-electron chi connectivity index (χ4n) is 11.3. The Kier molecular flexibility index (Phi) is 65.5. The van der Waals surface area contributed by atoms with E-state index in [9.17, 15) is 0 Å². The number of hydrogen-bond acceptors (Lipinski definition) is 34. The average molecular weight is 2150 g/mol. The van der Waals surface area contributed by atoms with Crippen LogP contribution in [-0.4, -0.2) is 128 Å². The van der Waals surface area contributed by atoms with Gasteiger partial charge >= 0.3 is 0 Å². The van der Waals surface area contributed by atoms with Crippen LogP contribution in [-0.2, 0) is 14.1 Å². The summed E-state index contributed by atoms with van der Waals surface area (Å²) < 4.78 is 26.0. The van der Waals surface area contributed by atoms with Gasteiger partial charge in [-0.25, -0.2) is 58.6 Å². The highest BCUT2D eigenvalue weighted by molar-refractivity contribution is 7.13. The van der Waals surface area contributed by atoms with E-state index in [1.807, 2.05) is 132 Å². The Morgan fingerprint density at radius 3 is 1.24 bits per heavy atom. The minimum Gasteiger partial charge on any atom is -0.428 e. The van der Waals surface area contributed by atoms with Crippen molar-refractivity contribution in [2.24, 2.45) is 14.1 Å². The number of H-pyrrole nitrogens is 2. The number of hydrogen-bond donors (Lipinski definition) is 2. The summed E-state index contributed by atoms with van der Waals surface area (Å²) in [5.74, 6) is 15.3. The summed E-state index contributed by atoms with van der Waals surface area (Å²) in [4.78, 5) is 51.5. The number of aryl methyl sites for hydroxylation is 15. The second-order valence-electron chi connectivity index (χ2n) is 38.6. The first-order valence-electron chi connectivity index (χ1n) is 49.1. The van der Waals surface area contributed by atoms with E-state index in [0.29, 0.717) is 112 Å². The zero-order valence-corrected chi connectivity index (χ0v) is 103. The van der Waals surface area contributed by atoms with Crippen LogP contribution in [0.5, 0.6) is 0 Å². The van der Waals surface area contributed by atoms with Gasteiger partial charge in [-0.15, -0.1) is 110 Å². The third-order valence-electron chi connectivity index (χ3n) is 19.3. The molecule has 16 rings (SSSR count). The van der Waals surface area contributed by atoms with Crippen molar-refractivity contribution in [1.29, 1.82) is 0 Å². The molecular formula is C105H172N26O2S10. The highest BCUT2D eigenvalue weighted by Gasteiger charge is 2.15. The molecule has 0 aromatic carbocycles. The number of rotatable bonds is 16. The predicted molar refractivity (Wildman–Crippen MR) is 612 cm³/mol.